The van der Waals surface area contributed by atoms with Crippen LogP contribution in [0, 0.1) is 5.92 Å². The molecule has 0 heterocycles. The predicted octanol–water partition coefficient (Wildman–Crippen LogP) is 5.39. The van der Waals surface area contributed by atoms with E-state index in [4.69, 9.17) is 16.3 Å². The lowest BCUT2D eigenvalue weighted by Crippen LogP contribution is -2.44. The van der Waals surface area contributed by atoms with Crippen LogP contribution in [0.4, 0.5) is 0 Å². The summed E-state index contributed by atoms with van der Waals surface area (Å²) in [5, 5.41) is 3.63. The highest BCUT2D eigenvalue weighted by Gasteiger charge is 2.32. The minimum Gasteiger partial charge on any atom is -0.496 e. The normalized spacial score (nSPS) is 11.7. The van der Waals surface area contributed by atoms with E-state index < -0.39 is 6.04 Å². The van der Waals surface area contributed by atoms with E-state index in [0.29, 0.717) is 10.8 Å². The monoisotopic (exact) mass is 464 g/mol. The number of hydrogen-bond donors (Lipinski definition) is 1. The van der Waals surface area contributed by atoms with Crippen molar-refractivity contribution in [2.75, 3.05) is 7.11 Å². The van der Waals surface area contributed by atoms with Crippen LogP contribution in [0.3, 0.4) is 0 Å². The summed E-state index contributed by atoms with van der Waals surface area (Å²) in [5.41, 5.74) is 2.50. The number of ether oxygens (including phenoxy) is 1. The van der Waals surface area contributed by atoms with Gasteiger partial charge in [0, 0.05) is 29.6 Å². The van der Waals surface area contributed by atoms with Crippen molar-refractivity contribution in [1.29, 1.82) is 0 Å². The van der Waals surface area contributed by atoms with Crippen LogP contribution in [0.2, 0.25) is 5.02 Å². The van der Waals surface area contributed by atoms with Crippen LogP contribution in [0.5, 0.6) is 5.75 Å². The maximum Gasteiger partial charge on any atom is 0.247 e. The van der Waals surface area contributed by atoms with Crippen LogP contribution in [-0.4, -0.2) is 23.8 Å². The molecule has 0 radical (unpaired) electrons. The third kappa shape index (κ3) is 6.36. The Balaban J connectivity index is 1.94. The fourth-order valence-electron chi connectivity index (χ4n) is 3.65. The number of halogens is 1. The van der Waals surface area contributed by atoms with Gasteiger partial charge in [0.1, 0.15) is 11.8 Å². The first-order valence-electron chi connectivity index (χ1n) is 10.9. The summed E-state index contributed by atoms with van der Waals surface area (Å²) in [6.07, 6.45) is 0. The molecule has 2 amide bonds. The van der Waals surface area contributed by atoms with Crippen molar-refractivity contribution < 1.29 is 14.3 Å². The van der Waals surface area contributed by atoms with Gasteiger partial charge in [0.25, 0.3) is 0 Å². The molecular weight excluding hydrogens is 436 g/mol. The maximum atomic E-state index is 13.6. The highest BCUT2D eigenvalue weighted by atomic mass is 35.5. The summed E-state index contributed by atoms with van der Waals surface area (Å²) < 4.78 is 5.40. The van der Waals surface area contributed by atoms with Gasteiger partial charge in [0.2, 0.25) is 11.8 Å². The highest BCUT2D eigenvalue weighted by Crippen LogP contribution is 2.26. The number of nitrogens with zero attached hydrogens (tertiary/aromatic N) is 1. The van der Waals surface area contributed by atoms with Crippen molar-refractivity contribution in [3.8, 4) is 5.75 Å². The first-order chi connectivity index (χ1) is 15.9. The third-order valence-electron chi connectivity index (χ3n) is 5.36. The molecule has 1 unspecified atom stereocenters. The van der Waals surface area contributed by atoms with E-state index in [1.807, 2.05) is 80.6 Å². The van der Waals surface area contributed by atoms with Crippen molar-refractivity contribution in [3.63, 3.8) is 0 Å². The Bertz CT molecular complexity index is 1070. The van der Waals surface area contributed by atoms with E-state index in [1.54, 1.807) is 24.1 Å². The van der Waals surface area contributed by atoms with Gasteiger partial charge in [-0.3, -0.25) is 9.59 Å². The van der Waals surface area contributed by atoms with Crippen molar-refractivity contribution >= 4 is 23.4 Å². The molecule has 3 aromatic rings. The van der Waals surface area contributed by atoms with E-state index in [0.717, 1.165) is 16.7 Å². The zero-order valence-corrected chi connectivity index (χ0v) is 19.9. The van der Waals surface area contributed by atoms with Crippen LogP contribution >= 0.6 is 11.6 Å². The lowest BCUT2D eigenvalue weighted by Gasteiger charge is -2.33. The topological polar surface area (TPSA) is 58.6 Å². The van der Waals surface area contributed by atoms with Gasteiger partial charge in [-0.05, 0) is 29.3 Å². The average Bonchev–Trinajstić information content (AvgIpc) is 2.83. The molecule has 1 N–H and O–H groups in total. The van der Waals surface area contributed by atoms with E-state index in [1.165, 1.54) is 0 Å². The Morgan fingerprint density at radius 2 is 1.58 bits per heavy atom. The SMILES string of the molecule is COc1ccccc1CNC(=O)C(c1ccccc1)N(Cc1ccc(Cl)cc1)C(=O)C(C)C. The number of carbonyl (C=O) groups is 2. The lowest BCUT2D eigenvalue weighted by atomic mass is 10.0. The lowest BCUT2D eigenvalue weighted by molar-refractivity contribution is -0.144. The predicted molar refractivity (Wildman–Crippen MR) is 131 cm³/mol. The van der Waals surface area contributed by atoms with Crippen molar-refractivity contribution in [2.45, 2.75) is 33.0 Å². The number of amides is 2. The summed E-state index contributed by atoms with van der Waals surface area (Å²) in [6, 6.07) is 23.4. The van der Waals surface area contributed by atoms with Gasteiger partial charge < -0.3 is 15.0 Å². The fourth-order valence-corrected chi connectivity index (χ4v) is 3.78. The number of carbonyl (C=O) groups excluding carboxylic acids is 2. The van der Waals surface area contributed by atoms with Crippen molar-refractivity contribution in [2.24, 2.45) is 5.92 Å². The molecule has 3 aromatic carbocycles. The molecule has 0 fully saturated rings. The molecule has 5 nitrogen and oxygen atoms in total. The second kappa shape index (κ2) is 11.5. The zero-order valence-electron chi connectivity index (χ0n) is 19.1. The van der Waals surface area contributed by atoms with Gasteiger partial charge in [-0.15, -0.1) is 0 Å². The molecule has 0 aliphatic heterocycles. The summed E-state index contributed by atoms with van der Waals surface area (Å²) in [5.74, 6) is 0.0668. The van der Waals surface area contributed by atoms with Gasteiger partial charge in [0.05, 0.1) is 7.11 Å². The molecule has 33 heavy (non-hydrogen) atoms. The number of hydrogen-bond acceptors (Lipinski definition) is 3. The van der Waals surface area contributed by atoms with Crippen molar-refractivity contribution in [3.05, 3.63) is 101 Å². The van der Waals surface area contributed by atoms with E-state index in [-0.39, 0.29) is 30.8 Å². The fraction of sp³-hybridized carbons (Fsp3) is 0.259. The van der Waals surface area contributed by atoms with E-state index in [2.05, 4.69) is 5.32 Å². The molecule has 0 saturated carbocycles. The number of para-hydroxylation sites is 1. The Labute approximate surface area is 200 Å². The quantitative estimate of drug-likeness (QED) is 0.461. The minimum atomic E-state index is -0.786. The molecular formula is C27H29ClN2O3. The standard InChI is InChI=1S/C27H29ClN2O3/c1-19(2)27(32)30(18-20-13-15-23(28)16-14-20)25(21-9-5-4-6-10-21)26(31)29-17-22-11-7-8-12-24(22)33-3/h4-16,19,25H,17-18H2,1-3H3,(H,29,31). The summed E-state index contributed by atoms with van der Waals surface area (Å²) in [7, 11) is 1.60. The molecule has 0 aromatic heterocycles. The Morgan fingerprint density at radius 3 is 2.21 bits per heavy atom. The van der Waals surface area contributed by atoms with Gasteiger partial charge >= 0.3 is 0 Å². The summed E-state index contributed by atoms with van der Waals surface area (Å²) in [6.45, 7) is 4.25. The number of nitrogens with one attached hydrogen (secondary N) is 1. The van der Waals surface area contributed by atoms with Crippen LogP contribution in [0.15, 0.2) is 78.9 Å². The number of methoxy groups -OCH3 is 1. The Morgan fingerprint density at radius 1 is 0.939 bits per heavy atom. The zero-order chi connectivity index (χ0) is 23.8. The largest absolute Gasteiger partial charge is 0.496 e. The molecule has 172 valence electrons. The third-order valence-corrected chi connectivity index (χ3v) is 5.62. The number of rotatable bonds is 9. The van der Waals surface area contributed by atoms with Crippen LogP contribution in [0.25, 0.3) is 0 Å². The highest BCUT2D eigenvalue weighted by molar-refractivity contribution is 6.30. The average molecular weight is 465 g/mol. The second-order valence-corrected chi connectivity index (χ2v) is 8.53. The first kappa shape index (κ1) is 24.3. The van der Waals surface area contributed by atoms with Gasteiger partial charge in [0.15, 0.2) is 0 Å². The Hall–Kier alpha value is -3.31. The number of benzene rings is 3. The van der Waals surface area contributed by atoms with Crippen LogP contribution in [-0.2, 0) is 22.7 Å². The van der Waals surface area contributed by atoms with Crippen LogP contribution < -0.4 is 10.1 Å². The van der Waals surface area contributed by atoms with E-state index >= 15 is 0 Å². The van der Waals surface area contributed by atoms with E-state index in [9.17, 15) is 9.59 Å². The molecule has 0 saturated heterocycles. The smallest absolute Gasteiger partial charge is 0.247 e. The second-order valence-electron chi connectivity index (χ2n) is 8.09. The summed E-state index contributed by atoms with van der Waals surface area (Å²) in [4.78, 5) is 28.5. The first-order valence-corrected chi connectivity index (χ1v) is 11.3. The van der Waals surface area contributed by atoms with Crippen LogP contribution in [0.1, 0.15) is 36.6 Å². The molecule has 6 heteroatoms. The molecule has 0 bridgehead atoms. The molecule has 0 aliphatic carbocycles. The summed E-state index contributed by atoms with van der Waals surface area (Å²) >= 11 is 6.04. The molecule has 0 aliphatic rings. The van der Waals surface area contributed by atoms with Crippen molar-refractivity contribution in [1.82, 2.24) is 10.2 Å². The minimum absolute atomic E-state index is 0.105. The Kier molecular flexibility index (Phi) is 8.50. The maximum absolute atomic E-state index is 13.6. The molecule has 0 spiro atoms. The van der Waals surface area contributed by atoms with Gasteiger partial charge in [-0.1, -0.05) is 86.1 Å². The molecule has 3 rings (SSSR count). The molecule has 1 atom stereocenters. The van der Waals surface area contributed by atoms with Gasteiger partial charge in [-0.2, -0.15) is 0 Å². The van der Waals surface area contributed by atoms with Gasteiger partial charge in [-0.25, -0.2) is 0 Å².